The molecule has 2 saturated heterocycles. The Morgan fingerprint density at radius 3 is 2.62 bits per heavy atom. The molecule has 2 aliphatic rings. The van der Waals surface area contributed by atoms with Crippen molar-refractivity contribution in [3.8, 4) is 0 Å². The van der Waals surface area contributed by atoms with Gasteiger partial charge >= 0.3 is 0 Å². The molecule has 5 rings (SSSR count). The van der Waals surface area contributed by atoms with Crippen LogP contribution in [0.4, 0.5) is 0 Å². The van der Waals surface area contributed by atoms with Crippen molar-refractivity contribution < 1.29 is 14.3 Å². The highest BCUT2D eigenvalue weighted by atomic mass is 16.5. The Balaban J connectivity index is 1.40. The number of nitrogens with zero attached hydrogens (tertiary/aromatic N) is 2. The van der Waals surface area contributed by atoms with E-state index in [-0.39, 0.29) is 11.8 Å². The number of hydrogen-bond acceptors (Lipinski definition) is 4. The molecule has 5 nitrogen and oxygen atoms in total. The van der Waals surface area contributed by atoms with Crippen molar-refractivity contribution >= 4 is 16.8 Å². The lowest BCUT2D eigenvalue weighted by molar-refractivity contribution is -0.141. The predicted octanol–water partition coefficient (Wildman–Crippen LogP) is 4.00. The molecule has 0 spiro atoms. The fourth-order valence-corrected chi connectivity index (χ4v) is 5.24. The third-order valence-corrected chi connectivity index (χ3v) is 6.93. The van der Waals surface area contributed by atoms with Crippen LogP contribution in [0.5, 0.6) is 0 Å². The molecule has 32 heavy (non-hydrogen) atoms. The van der Waals surface area contributed by atoms with Crippen molar-refractivity contribution in [3.05, 3.63) is 78.0 Å². The van der Waals surface area contributed by atoms with E-state index >= 15 is 0 Å². The maximum absolute atomic E-state index is 14.0. The van der Waals surface area contributed by atoms with Crippen molar-refractivity contribution in [2.75, 3.05) is 39.5 Å². The van der Waals surface area contributed by atoms with E-state index in [1.54, 1.807) is 0 Å². The third-order valence-electron chi connectivity index (χ3n) is 6.93. The lowest BCUT2D eigenvalue weighted by atomic mass is 9.73. The van der Waals surface area contributed by atoms with E-state index in [1.165, 1.54) is 5.56 Å². The molecule has 0 N–H and O–H groups in total. The van der Waals surface area contributed by atoms with Crippen LogP contribution in [0.2, 0.25) is 0 Å². The van der Waals surface area contributed by atoms with Crippen molar-refractivity contribution in [1.82, 2.24) is 9.88 Å². The van der Waals surface area contributed by atoms with Gasteiger partial charge in [-0.3, -0.25) is 9.78 Å². The first-order chi connectivity index (χ1) is 15.8. The van der Waals surface area contributed by atoms with Gasteiger partial charge in [0.15, 0.2) is 0 Å². The van der Waals surface area contributed by atoms with Gasteiger partial charge in [0.1, 0.15) is 0 Å². The van der Waals surface area contributed by atoms with Crippen LogP contribution < -0.4 is 0 Å². The number of aromatic nitrogens is 1. The Kier molecular flexibility index (Phi) is 6.19. The van der Waals surface area contributed by atoms with Gasteiger partial charge in [-0.25, -0.2) is 0 Å². The summed E-state index contributed by atoms with van der Waals surface area (Å²) < 4.78 is 11.6. The van der Waals surface area contributed by atoms with Gasteiger partial charge in [-0.05, 0) is 36.5 Å². The molecule has 2 fully saturated rings. The number of ether oxygens (including phenoxy) is 2. The summed E-state index contributed by atoms with van der Waals surface area (Å²) in [6.07, 6.45) is 4.15. The van der Waals surface area contributed by atoms with Gasteiger partial charge in [0.05, 0.1) is 24.1 Å². The molecule has 2 aliphatic heterocycles. The molecule has 2 aromatic carbocycles. The molecule has 5 heteroatoms. The monoisotopic (exact) mass is 430 g/mol. The summed E-state index contributed by atoms with van der Waals surface area (Å²) in [6, 6.07) is 20.7. The summed E-state index contributed by atoms with van der Waals surface area (Å²) in [4.78, 5) is 20.7. The number of pyridine rings is 1. The van der Waals surface area contributed by atoms with E-state index in [0.29, 0.717) is 39.5 Å². The summed E-state index contributed by atoms with van der Waals surface area (Å²) in [5, 5.41) is 1.15. The quantitative estimate of drug-likeness (QED) is 0.628. The van der Waals surface area contributed by atoms with Crippen molar-refractivity contribution in [2.24, 2.45) is 5.92 Å². The zero-order valence-electron chi connectivity index (χ0n) is 18.4. The zero-order valence-corrected chi connectivity index (χ0v) is 18.4. The van der Waals surface area contributed by atoms with Gasteiger partial charge in [-0.1, -0.05) is 54.6 Å². The minimum Gasteiger partial charge on any atom is -0.381 e. The minimum atomic E-state index is -0.505. The molecule has 1 atom stereocenters. The number of carbonyl (C=O) groups is 1. The second kappa shape index (κ2) is 9.39. The van der Waals surface area contributed by atoms with E-state index in [0.717, 1.165) is 35.7 Å². The van der Waals surface area contributed by atoms with E-state index in [2.05, 4.69) is 46.3 Å². The average molecular weight is 431 g/mol. The van der Waals surface area contributed by atoms with Gasteiger partial charge in [0.25, 0.3) is 0 Å². The molecular weight excluding hydrogens is 400 g/mol. The molecule has 0 saturated carbocycles. The molecule has 0 bridgehead atoms. The van der Waals surface area contributed by atoms with Gasteiger partial charge in [-0.15, -0.1) is 0 Å². The molecule has 3 heterocycles. The van der Waals surface area contributed by atoms with Crippen LogP contribution in [-0.4, -0.2) is 55.3 Å². The SMILES string of the molecule is O=C(N1CCOC[C@H](Cc2cccc3cccnc23)C1)C1(c2ccccc2)CCOCC1. The van der Waals surface area contributed by atoms with Gasteiger partial charge in [0.2, 0.25) is 5.91 Å². The van der Waals surface area contributed by atoms with Crippen LogP contribution in [0, 0.1) is 5.92 Å². The smallest absolute Gasteiger partial charge is 0.233 e. The first-order valence-electron chi connectivity index (χ1n) is 11.6. The average Bonchev–Trinajstić information content (AvgIpc) is 3.10. The zero-order chi connectivity index (χ0) is 21.8. The first kappa shape index (κ1) is 21.1. The number of hydrogen-bond donors (Lipinski definition) is 0. The molecule has 0 aliphatic carbocycles. The Bertz CT molecular complexity index is 1060. The minimum absolute atomic E-state index is 0.221. The van der Waals surface area contributed by atoms with E-state index in [1.807, 2.05) is 30.5 Å². The largest absolute Gasteiger partial charge is 0.381 e. The Morgan fingerprint density at radius 2 is 1.78 bits per heavy atom. The first-order valence-corrected chi connectivity index (χ1v) is 11.6. The Morgan fingerprint density at radius 1 is 0.969 bits per heavy atom. The van der Waals surface area contributed by atoms with Gasteiger partial charge in [0, 0.05) is 43.8 Å². The summed E-state index contributed by atoms with van der Waals surface area (Å²) in [5.74, 6) is 0.459. The Labute approximate surface area is 189 Å². The highest BCUT2D eigenvalue weighted by Gasteiger charge is 2.44. The molecule has 166 valence electrons. The number of carbonyl (C=O) groups excluding carboxylic acids is 1. The van der Waals surface area contributed by atoms with Crippen molar-refractivity contribution in [3.63, 3.8) is 0 Å². The standard InChI is InChI=1S/C27H30N2O3/c30-26(27(11-15-31-16-12-27)24-9-2-1-3-10-24)29-14-17-32-20-21(19-29)18-23-7-4-6-22-8-5-13-28-25(22)23/h1-10,13,21H,11-12,14-20H2/t21-/m1/s1. The van der Waals surface area contributed by atoms with Crippen molar-refractivity contribution in [1.29, 1.82) is 0 Å². The summed E-state index contributed by atoms with van der Waals surface area (Å²) in [7, 11) is 0. The Hall–Kier alpha value is -2.76. The number of fused-ring (bicyclic) bond motifs is 1. The summed E-state index contributed by atoms with van der Waals surface area (Å²) >= 11 is 0. The van der Waals surface area contributed by atoms with Crippen molar-refractivity contribution in [2.45, 2.75) is 24.7 Å². The fraction of sp³-hybridized carbons (Fsp3) is 0.407. The highest BCUT2D eigenvalue weighted by Crippen LogP contribution is 2.37. The topological polar surface area (TPSA) is 51.7 Å². The lowest BCUT2D eigenvalue weighted by Crippen LogP contribution is -2.51. The van der Waals surface area contributed by atoms with Gasteiger partial charge in [-0.2, -0.15) is 0 Å². The van der Waals surface area contributed by atoms with Crippen LogP contribution in [0.1, 0.15) is 24.0 Å². The fourth-order valence-electron chi connectivity index (χ4n) is 5.24. The number of rotatable bonds is 4. The van der Waals surface area contributed by atoms with Crippen LogP contribution in [-0.2, 0) is 26.1 Å². The number of para-hydroxylation sites is 1. The van der Waals surface area contributed by atoms with Crippen LogP contribution >= 0.6 is 0 Å². The third kappa shape index (κ3) is 4.15. The van der Waals surface area contributed by atoms with Crippen LogP contribution in [0.15, 0.2) is 66.9 Å². The predicted molar refractivity (Wildman–Crippen MR) is 125 cm³/mol. The summed E-state index contributed by atoms with van der Waals surface area (Å²) in [6.45, 7) is 3.83. The molecule has 0 radical (unpaired) electrons. The summed E-state index contributed by atoms with van der Waals surface area (Å²) in [5.41, 5.74) is 2.86. The molecule has 3 aromatic rings. The van der Waals surface area contributed by atoms with E-state index in [9.17, 15) is 4.79 Å². The second-order valence-corrected chi connectivity index (χ2v) is 8.95. The second-order valence-electron chi connectivity index (χ2n) is 8.95. The molecule has 1 amide bonds. The molecule has 0 unspecified atom stereocenters. The number of amides is 1. The van der Waals surface area contributed by atoms with E-state index < -0.39 is 5.41 Å². The highest BCUT2D eigenvalue weighted by molar-refractivity contribution is 5.88. The van der Waals surface area contributed by atoms with Crippen LogP contribution in [0.3, 0.4) is 0 Å². The normalized spacial score (nSPS) is 21.2. The van der Waals surface area contributed by atoms with Gasteiger partial charge < -0.3 is 14.4 Å². The van der Waals surface area contributed by atoms with E-state index in [4.69, 9.17) is 9.47 Å². The molecular formula is C27H30N2O3. The maximum atomic E-state index is 14.0. The maximum Gasteiger partial charge on any atom is 0.233 e. The lowest BCUT2D eigenvalue weighted by Gasteiger charge is -2.40. The molecule has 1 aromatic heterocycles. The van der Waals surface area contributed by atoms with Crippen LogP contribution in [0.25, 0.3) is 10.9 Å². The number of benzene rings is 2.